The van der Waals surface area contributed by atoms with Crippen molar-refractivity contribution in [1.29, 1.82) is 0 Å². The molecule has 76 valence electrons. The zero-order valence-electron chi connectivity index (χ0n) is 7.59. The third-order valence-electron chi connectivity index (χ3n) is 1.63. The number of carbonyl (C=O) groups is 1. The molecule has 2 N–H and O–H groups in total. The maximum absolute atomic E-state index is 11.3. The molecule has 0 aliphatic carbocycles. The van der Waals surface area contributed by atoms with Gasteiger partial charge in [-0.05, 0) is 12.1 Å². The maximum Gasteiger partial charge on any atom is 0.340 e. The van der Waals surface area contributed by atoms with Crippen LogP contribution in [0.15, 0.2) is 30.3 Å². The third kappa shape index (κ3) is 3.16. The smallest absolute Gasteiger partial charge is 0.340 e. The van der Waals surface area contributed by atoms with E-state index in [0.29, 0.717) is 5.56 Å². The SMILES string of the molecule is O=C(OC(O)CCO)c1ccccc1. The van der Waals surface area contributed by atoms with Crippen LogP contribution < -0.4 is 0 Å². The third-order valence-corrected chi connectivity index (χ3v) is 1.63. The molecule has 0 aliphatic rings. The normalized spacial score (nSPS) is 12.1. The first-order valence-corrected chi connectivity index (χ1v) is 4.29. The van der Waals surface area contributed by atoms with Crippen molar-refractivity contribution in [1.82, 2.24) is 0 Å². The topological polar surface area (TPSA) is 66.8 Å². The molecule has 0 bridgehead atoms. The summed E-state index contributed by atoms with van der Waals surface area (Å²) in [6, 6.07) is 8.37. The Labute approximate surface area is 81.8 Å². The Hall–Kier alpha value is -1.39. The zero-order valence-corrected chi connectivity index (χ0v) is 7.59. The van der Waals surface area contributed by atoms with Gasteiger partial charge in [0.25, 0.3) is 0 Å². The van der Waals surface area contributed by atoms with Crippen molar-refractivity contribution in [2.75, 3.05) is 6.61 Å². The van der Waals surface area contributed by atoms with Gasteiger partial charge in [0.05, 0.1) is 5.56 Å². The zero-order chi connectivity index (χ0) is 10.4. The van der Waals surface area contributed by atoms with Crippen molar-refractivity contribution in [3.05, 3.63) is 35.9 Å². The molecule has 0 aromatic heterocycles. The molecule has 14 heavy (non-hydrogen) atoms. The van der Waals surface area contributed by atoms with Gasteiger partial charge in [-0.3, -0.25) is 0 Å². The van der Waals surface area contributed by atoms with Gasteiger partial charge in [0.15, 0.2) is 0 Å². The van der Waals surface area contributed by atoms with E-state index >= 15 is 0 Å². The minimum absolute atomic E-state index is 0.0264. The summed E-state index contributed by atoms with van der Waals surface area (Å²) in [5.41, 5.74) is 0.379. The second-order valence-corrected chi connectivity index (χ2v) is 2.74. The Morgan fingerprint density at radius 3 is 2.57 bits per heavy atom. The fourth-order valence-electron chi connectivity index (χ4n) is 0.935. The molecule has 0 heterocycles. The highest BCUT2D eigenvalue weighted by Gasteiger charge is 2.11. The molecular formula is C10H12O4. The fraction of sp³-hybridized carbons (Fsp3) is 0.300. The Kier molecular flexibility index (Phi) is 4.10. The van der Waals surface area contributed by atoms with Gasteiger partial charge < -0.3 is 14.9 Å². The van der Waals surface area contributed by atoms with Crippen molar-refractivity contribution < 1.29 is 19.7 Å². The van der Waals surface area contributed by atoms with E-state index < -0.39 is 12.3 Å². The summed E-state index contributed by atoms with van der Waals surface area (Å²) >= 11 is 0. The minimum atomic E-state index is -1.24. The van der Waals surface area contributed by atoms with Gasteiger partial charge >= 0.3 is 5.97 Å². The van der Waals surface area contributed by atoms with Crippen LogP contribution in [0.3, 0.4) is 0 Å². The van der Waals surface area contributed by atoms with Gasteiger partial charge in [-0.15, -0.1) is 0 Å². The first kappa shape index (κ1) is 10.7. The molecule has 1 aromatic carbocycles. The van der Waals surface area contributed by atoms with Crippen LogP contribution in [0.5, 0.6) is 0 Å². The Morgan fingerprint density at radius 2 is 2.00 bits per heavy atom. The molecule has 0 saturated carbocycles. The van der Waals surface area contributed by atoms with Crippen LogP contribution in [0.4, 0.5) is 0 Å². The Bertz CT molecular complexity index is 283. The van der Waals surface area contributed by atoms with Crippen molar-refractivity contribution in [3.8, 4) is 0 Å². The molecule has 0 aliphatic heterocycles. The van der Waals surface area contributed by atoms with E-state index in [1.807, 2.05) is 0 Å². The van der Waals surface area contributed by atoms with E-state index in [1.165, 1.54) is 0 Å². The average molecular weight is 196 g/mol. The summed E-state index contributed by atoms with van der Waals surface area (Å²) < 4.78 is 4.63. The van der Waals surface area contributed by atoms with Crippen molar-refractivity contribution in [2.45, 2.75) is 12.7 Å². The number of carbonyl (C=O) groups excluding carboxylic acids is 1. The molecule has 1 atom stereocenters. The predicted octanol–water partition coefficient (Wildman–Crippen LogP) is 0.544. The molecule has 1 rings (SSSR count). The van der Waals surface area contributed by atoms with Gasteiger partial charge in [-0.2, -0.15) is 0 Å². The summed E-state index contributed by atoms with van der Waals surface area (Å²) in [7, 11) is 0. The van der Waals surface area contributed by atoms with Crippen LogP contribution in [0, 0.1) is 0 Å². The number of esters is 1. The highest BCUT2D eigenvalue weighted by Crippen LogP contribution is 2.04. The van der Waals surface area contributed by atoms with Crippen LogP contribution in [0.2, 0.25) is 0 Å². The van der Waals surface area contributed by atoms with Gasteiger partial charge in [0.2, 0.25) is 6.29 Å². The number of hydrogen-bond acceptors (Lipinski definition) is 4. The van der Waals surface area contributed by atoms with Crippen LogP contribution in [0.1, 0.15) is 16.8 Å². The summed E-state index contributed by atoms with van der Waals surface area (Å²) in [5, 5.41) is 17.5. The predicted molar refractivity (Wildman–Crippen MR) is 49.6 cm³/mol. The lowest BCUT2D eigenvalue weighted by atomic mass is 10.2. The van der Waals surface area contributed by atoms with Crippen LogP contribution in [-0.2, 0) is 4.74 Å². The Morgan fingerprint density at radius 1 is 1.36 bits per heavy atom. The van der Waals surface area contributed by atoms with E-state index in [0.717, 1.165) is 0 Å². The molecule has 0 radical (unpaired) electrons. The van der Waals surface area contributed by atoms with Crippen molar-refractivity contribution in [2.24, 2.45) is 0 Å². The minimum Gasteiger partial charge on any atom is -0.432 e. The number of hydrogen-bond donors (Lipinski definition) is 2. The van der Waals surface area contributed by atoms with Gasteiger partial charge in [-0.25, -0.2) is 4.79 Å². The molecule has 0 saturated heterocycles. The van der Waals surface area contributed by atoms with Crippen molar-refractivity contribution >= 4 is 5.97 Å². The molecule has 4 heteroatoms. The van der Waals surface area contributed by atoms with Gasteiger partial charge in [-0.1, -0.05) is 18.2 Å². The molecule has 4 nitrogen and oxygen atoms in total. The van der Waals surface area contributed by atoms with E-state index in [9.17, 15) is 4.79 Å². The van der Waals surface area contributed by atoms with Crippen molar-refractivity contribution in [3.63, 3.8) is 0 Å². The average Bonchev–Trinajstić information content (AvgIpc) is 2.19. The number of benzene rings is 1. The molecule has 1 aromatic rings. The lowest BCUT2D eigenvalue weighted by Crippen LogP contribution is -2.18. The molecule has 0 spiro atoms. The van der Waals surface area contributed by atoms with Crippen LogP contribution in [0.25, 0.3) is 0 Å². The highest BCUT2D eigenvalue weighted by molar-refractivity contribution is 5.89. The second-order valence-electron chi connectivity index (χ2n) is 2.74. The first-order valence-electron chi connectivity index (χ1n) is 4.29. The van der Waals surface area contributed by atoms with Crippen LogP contribution in [-0.4, -0.2) is 29.1 Å². The first-order chi connectivity index (χ1) is 6.74. The maximum atomic E-state index is 11.3. The number of aliphatic hydroxyl groups excluding tert-OH is 2. The van der Waals surface area contributed by atoms with E-state index in [2.05, 4.69) is 4.74 Å². The molecule has 0 amide bonds. The van der Waals surface area contributed by atoms with E-state index in [-0.39, 0.29) is 13.0 Å². The monoisotopic (exact) mass is 196 g/mol. The number of rotatable bonds is 4. The summed E-state index contributed by atoms with van der Waals surface area (Å²) in [6.07, 6.45) is -1.22. The van der Waals surface area contributed by atoms with E-state index in [1.54, 1.807) is 30.3 Å². The second kappa shape index (κ2) is 5.36. The lowest BCUT2D eigenvalue weighted by Gasteiger charge is -2.10. The summed E-state index contributed by atoms with van der Waals surface area (Å²) in [4.78, 5) is 11.3. The van der Waals surface area contributed by atoms with E-state index in [4.69, 9.17) is 10.2 Å². The Balaban J connectivity index is 2.51. The molecule has 1 unspecified atom stereocenters. The number of ether oxygens (including phenoxy) is 1. The summed E-state index contributed by atoms with van der Waals surface area (Å²) in [5.74, 6) is -0.591. The lowest BCUT2D eigenvalue weighted by molar-refractivity contribution is -0.0743. The standard InChI is InChI=1S/C10H12O4/c11-7-6-9(12)14-10(13)8-4-2-1-3-5-8/h1-5,9,11-12H,6-7H2. The quantitative estimate of drug-likeness (QED) is 0.545. The van der Waals surface area contributed by atoms with Crippen LogP contribution >= 0.6 is 0 Å². The molecular weight excluding hydrogens is 184 g/mol. The van der Waals surface area contributed by atoms with Gasteiger partial charge in [0.1, 0.15) is 0 Å². The summed E-state index contributed by atoms with van der Waals surface area (Å²) in [6.45, 7) is -0.219. The largest absolute Gasteiger partial charge is 0.432 e. The highest BCUT2D eigenvalue weighted by atomic mass is 16.6. The number of aliphatic hydroxyl groups is 2. The fourth-order valence-corrected chi connectivity index (χ4v) is 0.935. The van der Waals surface area contributed by atoms with Gasteiger partial charge in [0, 0.05) is 13.0 Å². The molecule has 0 fully saturated rings.